The molecule has 0 radical (unpaired) electrons. The normalized spacial score (nSPS) is 39.9. The van der Waals surface area contributed by atoms with Gasteiger partial charge in [0.05, 0.1) is 18.1 Å². The zero-order valence-corrected chi connectivity index (χ0v) is 12.7. The number of rotatable bonds is 2. The van der Waals surface area contributed by atoms with E-state index in [1.165, 1.54) is 0 Å². The van der Waals surface area contributed by atoms with Gasteiger partial charge in [0.2, 0.25) is 5.91 Å². The number of nitrogens with zero attached hydrogens (tertiary/aromatic N) is 1. The minimum atomic E-state index is 0.0243. The number of nitrogens with one attached hydrogen (secondary N) is 1. The maximum Gasteiger partial charge on any atom is 0.228 e. The Balaban J connectivity index is 2.01. The van der Waals surface area contributed by atoms with E-state index in [9.17, 15) is 4.79 Å². The Morgan fingerprint density at radius 3 is 2.53 bits per heavy atom. The first-order valence-corrected chi connectivity index (χ1v) is 7.65. The monoisotopic (exact) mass is 268 g/mol. The first-order chi connectivity index (χ1) is 9.02. The van der Waals surface area contributed by atoms with Crippen LogP contribution >= 0.6 is 0 Å². The number of amides is 1. The fourth-order valence-corrected chi connectivity index (χ4v) is 3.50. The SMILES string of the molecule is CC1OC(C)C(C(=O)N(C)C2CCCNCC2)C1C. The fraction of sp³-hybridized carbons (Fsp3) is 0.933. The third-order valence-corrected chi connectivity index (χ3v) is 4.97. The predicted octanol–water partition coefficient (Wildman–Crippen LogP) is 1.65. The summed E-state index contributed by atoms with van der Waals surface area (Å²) in [5, 5.41) is 3.40. The van der Waals surface area contributed by atoms with Gasteiger partial charge in [-0.15, -0.1) is 0 Å². The maximum absolute atomic E-state index is 12.7. The Morgan fingerprint density at radius 1 is 1.16 bits per heavy atom. The maximum atomic E-state index is 12.7. The molecule has 2 aliphatic rings. The van der Waals surface area contributed by atoms with E-state index in [2.05, 4.69) is 19.2 Å². The van der Waals surface area contributed by atoms with Crippen LogP contribution in [0, 0.1) is 11.8 Å². The summed E-state index contributed by atoms with van der Waals surface area (Å²) in [5.41, 5.74) is 0. The molecule has 0 aliphatic carbocycles. The fourth-order valence-electron chi connectivity index (χ4n) is 3.50. The van der Waals surface area contributed by atoms with Gasteiger partial charge < -0.3 is 15.0 Å². The van der Waals surface area contributed by atoms with Crippen molar-refractivity contribution in [2.75, 3.05) is 20.1 Å². The number of hydrogen-bond donors (Lipinski definition) is 1. The number of carbonyl (C=O) groups is 1. The van der Waals surface area contributed by atoms with Gasteiger partial charge in [-0.25, -0.2) is 0 Å². The van der Waals surface area contributed by atoms with E-state index in [1.807, 2.05) is 18.9 Å². The smallest absolute Gasteiger partial charge is 0.228 e. The lowest BCUT2D eigenvalue weighted by Crippen LogP contribution is -2.44. The molecule has 4 heteroatoms. The first-order valence-electron chi connectivity index (χ1n) is 7.65. The van der Waals surface area contributed by atoms with Crippen molar-refractivity contribution in [3.8, 4) is 0 Å². The second-order valence-corrected chi connectivity index (χ2v) is 6.22. The van der Waals surface area contributed by atoms with E-state index in [1.54, 1.807) is 0 Å². The second kappa shape index (κ2) is 6.23. The van der Waals surface area contributed by atoms with Crippen molar-refractivity contribution >= 4 is 5.91 Å². The van der Waals surface area contributed by atoms with Crippen LogP contribution in [-0.2, 0) is 9.53 Å². The molecule has 19 heavy (non-hydrogen) atoms. The van der Waals surface area contributed by atoms with E-state index >= 15 is 0 Å². The quantitative estimate of drug-likeness (QED) is 0.828. The Kier molecular flexibility index (Phi) is 4.85. The number of carbonyl (C=O) groups excluding carboxylic acids is 1. The van der Waals surface area contributed by atoms with Crippen molar-refractivity contribution in [2.24, 2.45) is 11.8 Å². The molecule has 2 rings (SSSR count). The highest BCUT2D eigenvalue weighted by atomic mass is 16.5. The molecule has 4 nitrogen and oxygen atoms in total. The van der Waals surface area contributed by atoms with E-state index in [0.29, 0.717) is 12.0 Å². The van der Waals surface area contributed by atoms with Crippen LogP contribution < -0.4 is 5.32 Å². The van der Waals surface area contributed by atoms with E-state index in [4.69, 9.17) is 4.74 Å². The summed E-state index contributed by atoms with van der Waals surface area (Å²) in [4.78, 5) is 14.7. The molecule has 5 unspecified atom stereocenters. The van der Waals surface area contributed by atoms with Crippen LogP contribution in [0.2, 0.25) is 0 Å². The van der Waals surface area contributed by atoms with Gasteiger partial charge in [-0.3, -0.25) is 4.79 Å². The van der Waals surface area contributed by atoms with Crippen LogP contribution in [0.4, 0.5) is 0 Å². The lowest BCUT2D eigenvalue weighted by molar-refractivity contribution is -0.138. The van der Waals surface area contributed by atoms with Crippen LogP contribution in [0.25, 0.3) is 0 Å². The van der Waals surface area contributed by atoms with Crippen molar-refractivity contribution < 1.29 is 9.53 Å². The predicted molar refractivity (Wildman–Crippen MR) is 75.9 cm³/mol. The summed E-state index contributed by atoms with van der Waals surface area (Å²) >= 11 is 0. The molecule has 0 bridgehead atoms. The van der Waals surface area contributed by atoms with Crippen molar-refractivity contribution in [2.45, 2.75) is 58.3 Å². The molecule has 5 atom stereocenters. The van der Waals surface area contributed by atoms with Gasteiger partial charge in [-0.1, -0.05) is 6.92 Å². The average Bonchev–Trinajstić information content (AvgIpc) is 2.62. The summed E-state index contributed by atoms with van der Waals surface area (Å²) in [6.45, 7) is 8.34. The van der Waals surface area contributed by atoms with Crippen LogP contribution in [-0.4, -0.2) is 49.2 Å². The highest BCUT2D eigenvalue weighted by molar-refractivity contribution is 5.80. The van der Waals surface area contributed by atoms with Gasteiger partial charge >= 0.3 is 0 Å². The van der Waals surface area contributed by atoms with Gasteiger partial charge in [-0.2, -0.15) is 0 Å². The highest BCUT2D eigenvalue weighted by Crippen LogP contribution is 2.34. The van der Waals surface area contributed by atoms with Crippen LogP contribution in [0.3, 0.4) is 0 Å². The van der Waals surface area contributed by atoms with Gasteiger partial charge in [0.1, 0.15) is 0 Å². The molecule has 2 saturated heterocycles. The molecular weight excluding hydrogens is 240 g/mol. The van der Waals surface area contributed by atoms with Gasteiger partial charge in [-0.05, 0) is 52.1 Å². The standard InChI is InChI=1S/C15H28N2O2/c1-10-11(2)19-12(3)14(10)15(18)17(4)13-6-5-8-16-9-7-13/h10-14,16H,5-9H2,1-4H3. The Hall–Kier alpha value is -0.610. The van der Waals surface area contributed by atoms with Crippen molar-refractivity contribution in [1.82, 2.24) is 10.2 Å². The highest BCUT2D eigenvalue weighted by Gasteiger charge is 2.43. The molecule has 2 heterocycles. The lowest BCUT2D eigenvalue weighted by atomic mass is 9.88. The zero-order chi connectivity index (χ0) is 14.0. The molecule has 2 aliphatic heterocycles. The lowest BCUT2D eigenvalue weighted by Gasteiger charge is -2.31. The number of hydrogen-bond acceptors (Lipinski definition) is 3. The molecule has 1 N–H and O–H groups in total. The summed E-state index contributed by atoms with van der Waals surface area (Å²) in [7, 11) is 1.97. The first kappa shape index (κ1) is 14.8. The molecule has 0 aromatic heterocycles. The Labute approximate surface area is 116 Å². The molecule has 0 aromatic carbocycles. The zero-order valence-electron chi connectivity index (χ0n) is 12.7. The van der Waals surface area contributed by atoms with E-state index in [0.717, 1.165) is 32.4 Å². The van der Waals surface area contributed by atoms with Crippen LogP contribution in [0.1, 0.15) is 40.0 Å². The Morgan fingerprint density at radius 2 is 1.89 bits per heavy atom. The molecular formula is C15H28N2O2. The number of ether oxygens (including phenoxy) is 1. The summed E-state index contributed by atoms with van der Waals surface area (Å²) in [6.07, 6.45) is 3.57. The minimum absolute atomic E-state index is 0.0243. The summed E-state index contributed by atoms with van der Waals surface area (Å²) < 4.78 is 5.81. The van der Waals surface area contributed by atoms with Crippen LogP contribution in [0.15, 0.2) is 0 Å². The third-order valence-electron chi connectivity index (χ3n) is 4.97. The molecule has 0 aromatic rings. The van der Waals surface area contributed by atoms with Crippen LogP contribution in [0.5, 0.6) is 0 Å². The van der Waals surface area contributed by atoms with Gasteiger partial charge in [0.15, 0.2) is 0 Å². The van der Waals surface area contributed by atoms with E-state index < -0.39 is 0 Å². The molecule has 2 fully saturated rings. The van der Waals surface area contributed by atoms with E-state index in [-0.39, 0.29) is 24.0 Å². The van der Waals surface area contributed by atoms with Crippen molar-refractivity contribution in [1.29, 1.82) is 0 Å². The molecule has 0 saturated carbocycles. The second-order valence-electron chi connectivity index (χ2n) is 6.22. The average molecular weight is 268 g/mol. The molecule has 110 valence electrons. The summed E-state index contributed by atoms with van der Waals surface area (Å²) in [6, 6.07) is 0.387. The largest absolute Gasteiger partial charge is 0.374 e. The Bertz CT molecular complexity index is 313. The molecule has 1 amide bonds. The van der Waals surface area contributed by atoms with Crippen molar-refractivity contribution in [3.05, 3.63) is 0 Å². The molecule has 0 spiro atoms. The third kappa shape index (κ3) is 3.11. The van der Waals surface area contributed by atoms with Gasteiger partial charge in [0.25, 0.3) is 0 Å². The summed E-state index contributed by atoms with van der Waals surface area (Å²) in [5.74, 6) is 0.612. The minimum Gasteiger partial charge on any atom is -0.374 e. The topological polar surface area (TPSA) is 41.6 Å². The van der Waals surface area contributed by atoms with Gasteiger partial charge in [0, 0.05) is 13.1 Å². The van der Waals surface area contributed by atoms with Crippen molar-refractivity contribution in [3.63, 3.8) is 0 Å².